The average molecular weight is 643 g/mol. The molecule has 0 atom stereocenters. The number of fused-ring (bicyclic) bond motifs is 6. The number of para-hydroxylation sites is 1. The van der Waals surface area contributed by atoms with E-state index in [0.717, 1.165) is 48.7 Å². The van der Waals surface area contributed by atoms with E-state index in [9.17, 15) is 9.59 Å². The van der Waals surface area contributed by atoms with Gasteiger partial charge in [0, 0.05) is 31.6 Å². The first kappa shape index (κ1) is 28.0. The van der Waals surface area contributed by atoms with Crippen molar-refractivity contribution in [3.8, 4) is 27.3 Å². The van der Waals surface area contributed by atoms with Gasteiger partial charge < -0.3 is 9.67 Å². The number of rotatable bonds is 5. The fourth-order valence-corrected chi connectivity index (χ4v) is 8.99. The summed E-state index contributed by atoms with van der Waals surface area (Å²) in [7, 11) is 0. The Morgan fingerprint density at radius 2 is 1.62 bits per heavy atom. The highest BCUT2D eigenvalue weighted by Crippen LogP contribution is 2.49. The van der Waals surface area contributed by atoms with Crippen molar-refractivity contribution < 1.29 is 14.7 Å². The maximum atomic E-state index is 12.8. The molecular weight excluding hydrogens is 617 g/mol. The Hall–Kier alpha value is -4.50. The Bertz CT molecular complexity index is 2290. The van der Waals surface area contributed by atoms with Crippen molar-refractivity contribution in [2.45, 2.75) is 19.3 Å². The van der Waals surface area contributed by atoms with Crippen LogP contribution in [0.5, 0.6) is 0 Å². The van der Waals surface area contributed by atoms with Crippen molar-refractivity contribution in [1.29, 1.82) is 0 Å². The molecule has 220 valence electrons. The third-order valence-electron chi connectivity index (χ3n) is 8.85. The number of carboxylic acid groups (broad SMARTS) is 1. The smallest absolute Gasteiger partial charge is 0.323 e. The minimum absolute atomic E-state index is 0.0822. The normalized spacial score (nSPS) is 16.2. The molecule has 1 fully saturated rings. The van der Waals surface area contributed by atoms with Crippen LogP contribution in [0.2, 0.25) is 0 Å². The summed E-state index contributed by atoms with van der Waals surface area (Å²) in [5.41, 5.74) is 9.80. The SMILES string of the molecule is CC1(C)c2ccccc2-c2ccc(-n3c4ccccc4c4cc(-c5ccc(C=C6SC(=S)N(CC(=O)O)C6=O)s5)ccc43)cc21. The van der Waals surface area contributed by atoms with Gasteiger partial charge in [0.2, 0.25) is 0 Å². The molecule has 1 saturated heterocycles. The maximum absolute atomic E-state index is 12.8. The first-order chi connectivity index (χ1) is 21.7. The van der Waals surface area contributed by atoms with Crippen LogP contribution in [0.25, 0.3) is 55.1 Å². The predicted molar refractivity (Wildman–Crippen MR) is 189 cm³/mol. The van der Waals surface area contributed by atoms with Gasteiger partial charge in [0.1, 0.15) is 10.9 Å². The molecule has 8 heteroatoms. The Labute approximate surface area is 273 Å². The molecule has 1 aliphatic carbocycles. The Kier molecular flexibility index (Phi) is 6.39. The fraction of sp³-hybridized carbons (Fsp3) is 0.108. The van der Waals surface area contributed by atoms with E-state index in [1.807, 2.05) is 6.07 Å². The highest BCUT2D eigenvalue weighted by Gasteiger charge is 2.36. The van der Waals surface area contributed by atoms with E-state index in [0.29, 0.717) is 4.91 Å². The lowest BCUT2D eigenvalue weighted by atomic mass is 9.82. The highest BCUT2D eigenvalue weighted by molar-refractivity contribution is 8.26. The molecule has 45 heavy (non-hydrogen) atoms. The van der Waals surface area contributed by atoms with Crippen molar-refractivity contribution in [1.82, 2.24) is 9.47 Å². The molecule has 1 N–H and O–H groups in total. The molecule has 0 radical (unpaired) electrons. The van der Waals surface area contributed by atoms with E-state index < -0.39 is 12.5 Å². The second kappa shape index (κ2) is 10.3. The molecule has 6 aromatic rings. The quantitative estimate of drug-likeness (QED) is 0.150. The van der Waals surface area contributed by atoms with Gasteiger partial charge in [0.25, 0.3) is 5.91 Å². The van der Waals surface area contributed by atoms with E-state index in [-0.39, 0.29) is 15.6 Å². The molecule has 2 aromatic heterocycles. The summed E-state index contributed by atoms with van der Waals surface area (Å²) in [6, 6.07) is 34.8. The first-order valence-electron chi connectivity index (χ1n) is 14.6. The molecule has 3 heterocycles. The molecule has 0 unspecified atom stereocenters. The van der Waals surface area contributed by atoms with E-state index in [1.165, 1.54) is 33.0 Å². The maximum Gasteiger partial charge on any atom is 0.323 e. The van der Waals surface area contributed by atoms with Crippen LogP contribution in [0.3, 0.4) is 0 Å². The van der Waals surface area contributed by atoms with Gasteiger partial charge in [0.15, 0.2) is 0 Å². The minimum Gasteiger partial charge on any atom is -0.480 e. The number of thiophene rings is 1. The van der Waals surface area contributed by atoms with E-state index in [1.54, 1.807) is 17.4 Å². The molecule has 5 nitrogen and oxygen atoms in total. The zero-order valence-corrected chi connectivity index (χ0v) is 26.9. The molecular formula is C37H26N2O3S3. The van der Waals surface area contributed by atoms with E-state index in [2.05, 4.69) is 109 Å². The number of thioether (sulfide) groups is 1. The Morgan fingerprint density at radius 1 is 0.867 bits per heavy atom. The number of aromatic nitrogens is 1. The monoisotopic (exact) mass is 642 g/mol. The Morgan fingerprint density at radius 3 is 2.47 bits per heavy atom. The number of thiocarbonyl (C=S) groups is 1. The second-order valence-electron chi connectivity index (χ2n) is 11.8. The lowest BCUT2D eigenvalue weighted by Gasteiger charge is -2.22. The number of carboxylic acids is 1. The topological polar surface area (TPSA) is 62.5 Å². The lowest BCUT2D eigenvalue weighted by molar-refractivity contribution is -0.140. The van der Waals surface area contributed by atoms with E-state index >= 15 is 0 Å². The summed E-state index contributed by atoms with van der Waals surface area (Å²) in [6.07, 6.45) is 1.80. The summed E-state index contributed by atoms with van der Waals surface area (Å²) in [5.74, 6) is -1.45. The molecule has 2 aliphatic rings. The summed E-state index contributed by atoms with van der Waals surface area (Å²) >= 11 is 7.98. The van der Waals surface area contributed by atoms with Gasteiger partial charge in [0.05, 0.1) is 15.9 Å². The number of nitrogens with zero attached hydrogens (tertiary/aromatic N) is 2. The van der Waals surface area contributed by atoms with Crippen molar-refractivity contribution in [3.63, 3.8) is 0 Å². The van der Waals surface area contributed by atoms with Crippen LogP contribution in [-0.2, 0) is 15.0 Å². The molecule has 0 spiro atoms. The van der Waals surface area contributed by atoms with Crippen LogP contribution in [0.1, 0.15) is 29.9 Å². The van der Waals surface area contributed by atoms with Gasteiger partial charge in [-0.25, -0.2) is 0 Å². The van der Waals surface area contributed by atoms with Gasteiger partial charge in [-0.15, -0.1) is 11.3 Å². The second-order valence-corrected chi connectivity index (χ2v) is 14.6. The third-order valence-corrected chi connectivity index (χ3v) is 11.3. The number of amides is 1. The fourth-order valence-electron chi connectivity index (χ4n) is 6.72. The van der Waals surface area contributed by atoms with Crippen LogP contribution in [-0.4, -0.2) is 37.3 Å². The van der Waals surface area contributed by atoms with Crippen LogP contribution >= 0.6 is 35.3 Å². The number of benzene rings is 4. The number of carbonyl (C=O) groups excluding carboxylic acids is 1. The Balaban J connectivity index is 1.19. The molecule has 1 aliphatic heterocycles. The lowest BCUT2D eigenvalue weighted by Crippen LogP contribution is -2.33. The molecule has 1 amide bonds. The van der Waals surface area contributed by atoms with Crippen molar-refractivity contribution in [3.05, 3.63) is 118 Å². The number of hydrogen-bond acceptors (Lipinski definition) is 5. The standard InChI is InChI=1S/C37H26N2O3S3/c1-37(2)28-9-5-3-7-24(28)25-14-12-22(18-29(25)37)39-30-10-6-4-8-26(30)27-17-21(11-15-31(27)39)32-16-13-23(44-32)19-33-35(42)38(20-34(40)41)36(43)45-33/h3-19H,20H2,1-2H3,(H,40,41). The molecule has 8 rings (SSSR count). The summed E-state index contributed by atoms with van der Waals surface area (Å²) in [5, 5.41) is 11.5. The molecule has 4 aromatic carbocycles. The summed E-state index contributed by atoms with van der Waals surface area (Å²) in [4.78, 5) is 27.5. The minimum atomic E-state index is -1.09. The van der Waals surface area contributed by atoms with Gasteiger partial charge in [-0.1, -0.05) is 92.4 Å². The first-order valence-corrected chi connectivity index (χ1v) is 16.6. The number of carbonyl (C=O) groups is 2. The van der Waals surface area contributed by atoms with Crippen LogP contribution in [0.15, 0.2) is 102 Å². The van der Waals surface area contributed by atoms with Crippen LogP contribution in [0.4, 0.5) is 0 Å². The van der Waals surface area contributed by atoms with Crippen LogP contribution in [0, 0.1) is 0 Å². The zero-order chi connectivity index (χ0) is 31.0. The predicted octanol–water partition coefficient (Wildman–Crippen LogP) is 9.10. The van der Waals surface area contributed by atoms with Gasteiger partial charge in [-0.3, -0.25) is 14.5 Å². The van der Waals surface area contributed by atoms with Crippen LogP contribution < -0.4 is 0 Å². The molecule has 0 saturated carbocycles. The third kappa shape index (κ3) is 4.39. The molecule has 0 bridgehead atoms. The number of hydrogen-bond donors (Lipinski definition) is 1. The van der Waals surface area contributed by atoms with Gasteiger partial charge in [-0.05, 0) is 76.4 Å². The van der Waals surface area contributed by atoms with Crippen molar-refractivity contribution in [2.24, 2.45) is 0 Å². The highest BCUT2D eigenvalue weighted by atomic mass is 32.2. The van der Waals surface area contributed by atoms with Gasteiger partial charge in [-0.2, -0.15) is 0 Å². The summed E-state index contributed by atoms with van der Waals surface area (Å²) in [6.45, 7) is 4.20. The largest absolute Gasteiger partial charge is 0.480 e. The van der Waals surface area contributed by atoms with Crippen molar-refractivity contribution in [2.75, 3.05) is 6.54 Å². The number of aliphatic carboxylic acids is 1. The van der Waals surface area contributed by atoms with Gasteiger partial charge >= 0.3 is 5.97 Å². The zero-order valence-electron chi connectivity index (χ0n) is 24.4. The average Bonchev–Trinajstić information content (AvgIpc) is 3.76. The summed E-state index contributed by atoms with van der Waals surface area (Å²) < 4.78 is 2.64. The van der Waals surface area contributed by atoms with E-state index in [4.69, 9.17) is 17.3 Å². The van der Waals surface area contributed by atoms with Crippen molar-refractivity contribution >= 4 is 79.4 Å².